The summed E-state index contributed by atoms with van der Waals surface area (Å²) in [5.74, 6) is -1.05. The molecule has 17 heavy (non-hydrogen) atoms. The molecule has 0 aromatic rings. The van der Waals surface area contributed by atoms with Crippen molar-refractivity contribution in [2.24, 2.45) is 0 Å². The molecule has 5 nitrogen and oxygen atoms in total. The smallest absolute Gasteiger partial charge is 0.305 e. The second-order valence-corrected chi connectivity index (χ2v) is 3.85. The topological polar surface area (TPSA) is 66.8 Å². The van der Waals surface area contributed by atoms with Crippen molar-refractivity contribution in [3.05, 3.63) is 0 Å². The lowest BCUT2D eigenvalue weighted by molar-refractivity contribution is -0.144. The first-order valence-corrected chi connectivity index (χ1v) is 6.19. The number of nitrogens with zero attached hydrogens (tertiary/aromatic N) is 1. The third kappa shape index (κ3) is 9.81. The highest BCUT2D eigenvalue weighted by Crippen LogP contribution is 2.01. The Bertz CT molecular complexity index is 227. The standard InChI is InChI=1S/C12H23NO4/c1-3-13(4-2)9-10-17-12(16)8-6-5-7-11(14)15/h3-10H2,1-2H3,(H,14,15). The summed E-state index contributed by atoms with van der Waals surface area (Å²) >= 11 is 0. The second-order valence-electron chi connectivity index (χ2n) is 3.85. The van der Waals surface area contributed by atoms with Crippen LogP contribution in [0, 0.1) is 0 Å². The van der Waals surface area contributed by atoms with E-state index in [2.05, 4.69) is 18.7 Å². The Morgan fingerprint density at radius 2 is 1.71 bits per heavy atom. The number of carboxylic acid groups (broad SMARTS) is 1. The first-order valence-electron chi connectivity index (χ1n) is 6.19. The van der Waals surface area contributed by atoms with Crippen LogP contribution in [0.25, 0.3) is 0 Å². The van der Waals surface area contributed by atoms with E-state index in [0.717, 1.165) is 19.6 Å². The molecule has 0 atom stereocenters. The number of esters is 1. The van der Waals surface area contributed by atoms with E-state index in [1.807, 2.05) is 0 Å². The minimum Gasteiger partial charge on any atom is -0.481 e. The predicted octanol–water partition coefficient (Wildman–Crippen LogP) is 1.52. The van der Waals surface area contributed by atoms with Gasteiger partial charge < -0.3 is 14.7 Å². The molecule has 0 rings (SSSR count). The van der Waals surface area contributed by atoms with Crippen LogP contribution < -0.4 is 0 Å². The largest absolute Gasteiger partial charge is 0.481 e. The molecule has 0 amide bonds. The number of hydrogen-bond acceptors (Lipinski definition) is 4. The normalized spacial score (nSPS) is 10.5. The van der Waals surface area contributed by atoms with Crippen LogP contribution in [0.1, 0.15) is 39.5 Å². The Morgan fingerprint density at radius 1 is 1.12 bits per heavy atom. The summed E-state index contributed by atoms with van der Waals surface area (Å²) < 4.78 is 5.06. The zero-order valence-corrected chi connectivity index (χ0v) is 10.8. The molecule has 0 unspecified atom stereocenters. The fourth-order valence-corrected chi connectivity index (χ4v) is 1.45. The molecule has 1 N–H and O–H groups in total. The number of unbranched alkanes of at least 4 members (excludes halogenated alkanes) is 1. The minimum absolute atomic E-state index is 0.118. The van der Waals surface area contributed by atoms with Crippen LogP contribution >= 0.6 is 0 Å². The maximum absolute atomic E-state index is 11.3. The average molecular weight is 245 g/mol. The van der Waals surface area contributed by atoms with Gasteiger partial charge in [-0.05, 0) is 25.9 Å². The van der Waals surface area contributed by atoms with E-state index in [4.69, 9.17) is 9.84 Å². The molecule has 0 spiro atoms. The van der Waals surface area contributed by atoms with Crippen LogP contribution in [0.15, 0.2) is 0 Å². The number of ether oxygens (including phenoxy) is 1. The molecule has 0 aromatic carbocycles. The second kappa shape index (κ2) is 10.1. The highest BCUT2D eigenvalue weighted by atomic mass is 16.5. The van der Waals surface area contributed by atoms with Gasteiger partial charge in [0.25, 0.3) is 0 Å². The van der Waals surface area contributed by atoms with Gasteiger partial charge in [-0.25, -0.2) is 0 Å². The number of likely N-dealkylation sites (N-methyl/N-ethyl adjacent to an activating group) is 1. The predicted molar refractivity (Wildman–Crippen MR) is 64.9 cm³/mol. The molecule has 5 heteroatoms. The summed E-state index contributed by atoms with van der Waals surface area (Å²) in [6, 6.07) is 0. The molecule has 0 heterocycles. The van der Waals surface area contributed by atoms with Gasteiger partial charge in [-0.15, -0.1) is 0 Å². The molecule has 0 aromatic heterocycles. The minimum atomic E-state index is -0.820. The Hall–Kier alpha value is -1.10. The molecule has 0 radical (unpaired) electrons. The molecule has 100 valence electrons. The Balaban J connectivity index is 3.43. The van der Waals surface area contributed by atoms with Crippen LogP contribution in [0.4, 0.5) is 0 Å². The number of carbonyl (C=O) groups is 2. The van der Waals surface area contributed by atoms with E-state index in [9.17, 15) is 9.59 Å². The van der Waals surface area contributed by atoms with E-state index in [1.165, 1.54) is 0 Å². The summed E-state index contributed by atoms with van der Waals surface area (Å²) in [4.78, 5) is 23.7. The molecular weight excluding hydrogens is 222 g/mol. The Labute approximate surface area is 103 Å². The van der Waals surface area contributed by atoms with Crippen molar-refractivity contribution in [1.82, 2.24) is 4.90 Å². The van der Waals surface area contributed by atoms with Gasteiger partial charge >= 0.3 is 11.9 Å². The SMILES string of the molecule is CCN(CC)CCOC(=O)CCCCC(=O)O. The van der Waals surface area contributed by atoms with Crippen molar-refractivity contribution in [2.45, 2.75) is 39.5 Å². The molecule has 0 bridgehead atoms. The summed E-state index contributed by atoms with van der Waals surface area (Å²) in [5, 5.41) is 8.41. The molecule has 0 fully saturated rings. The van der Waals surface area contributed by atoms with Gasteiger partial charge in [0.15, 0.2) is 0 Å². The number of carbonyl (C=O) groups excluding carboxylic acids is 1. The number of aliphatic carboxylic acids is 1. The third-order valence-electron chi connectivity index (χ3n) is 2.59. The average Bonchev–Trinajstić information content (AvgIpc) is 2.30. The van der Waals surface area contributed by atoms with Crippen LogP contribution in [0.5, 0.6) is 0 Å². The highest BCUT2D eigenvalue weighted by Gasteiger charge is 2.05. The third-order valence-corrected chi connectivity index (χ3v) is 2.59. The molecule has 0 aliphatic heterocycles. The molecule has 0 aliphatic carbocycles. The molecule has 0 aliphatic rings. The maximum Gasteiger partial charge on any atom is 0.305 e. The molecule has 0 saturated heterocycles. The van der Waals surface area contributed by atoms with Crippen LogP contribution in [-0.2, 0) is 14.3 Å². The van der Waals surface area contributed by atoms with E-state index < -0.39 is 5.97 Å². The van der Waals surface area contributed by atoms with Crippen LogP contribution in [-0.4, -0.2) is 48.2 Å². The number of hydrogen-bond donors (Lipinski definition) is 1. The van der Waals surface area contributed by atoms with Crippen molar-refractivity contribution < 1.29 is 19.4 Å². The fourth-order valence-electron chi connectivity index (χ4n) is 1.45. The lowest BCUT2D eigenvalue weighted by Crippen LogP contribution is -2.27. The summed E-state index contributed by atoms with van der Waals surface area (Å²) in [7, 11) is 0. The quantitative estimate of drug-likeness (QED) is 0.467. The number of carboxylic acids is 1. The van der Waals surface area contributed by atoms with Crippen molar-refractivity contribution in [2.75, 3.05) is 26.2 Å². The van der Waals surface area contributed by atoms with Crippen molar-refractivity contribution >= 4 is 11.9 Å². The maximum atomic E-state index is 11.3. The van der Waals surface area contributed by atoms with Gasteiger partial charge in [0.1, 0.15) is 6.61 Å². The molecule has 0 saturated carbocycles. The zero-order valence-electron chi connectivity index (χ0n) is 10.8. The van der Waals surface area contributed by atoms with E-state index in [1.54, 1.807) is 0 Å². The van der Waals surface area contributed by atoms with Gasteiger partial charge in [-0.3, -0.25) is 9.59 Å². The van der Waals surface area contributed by atoms with Gasteiger partial charge in [-0.2, -0.15) is 0 Å². The van der Waals surface area contributed by atoms with Gasteiger partial charge in [0, 0.05) is 19.4 Å². The van der Waals surface area contributed by atoms with Gasteiger partial charge in [0.05, 0.1) is 0 Å². The van der Waals surface area contributed by atoms with E-state index in [0.29, 0.717) is 25.9 Å². The first kappa shape index (κ1) is 15.9. The highest BCUT2D eigenvalue weighted by molar-refractivity contribution is 5.69. The van der Waals surface area contributed by atoms with Crippen LogP contribution in [0.2, 0.25) is 0 Å². The van der Waals surface area contributed by atoms with E-state index >= 15 is 0 Å². The summed E-state index contributed by atoms with van der Waals surface area (Å²) in [6.07, 6.45) is 1.54. The van der Waals surface area contributed by atoms with Crippen molar-refractivity contribution in [1.29, 1.82) is 0 Å². The van der Waals surface area contributed by atoms with Gasteiger partial charge in [-0.1, -0.05) is 13.8 Å². The zero-order chi connectivity index (χ0) is 13.1. The monoisotopic (exact) mass is 245 g/mol. The lowest BCUT2D eigenvalue weighted by atomic mass is 10.2. The fraction of sp³-hybridized carbons (Fsp3) is 0.833. The van der Waals surface area contributed by atoms with Crippen LogP contribution in [0.3, 0.4) is 0 Å². The Morgan fingerprint density at radius 3 is 2.24 bits per heavy atom. The lowest BCUT2D eigenvalue weighted by Gasteiger charge is -2.17. The summed E-state index contributed by atoms with van der Waals surface area (Å²) in [5.41, 5.74) is 0. The molecular formula is C12H23NO4. The Kier molecular flexibility index (Phi) is 9.43. The van der Waals surface area contributed by atoms with E-state index in [-0.39, 0.29) is 12.4 Å². The summed E-state index contributed by atoms with van der Waals surface area (Å²) in [6.45, 7) is 7.21. The van der Waals surface area contributed by atoms with Crippen molar-refractivity contribution in [3.63, 3.8) is 0 Å². The van der Waals surface area contributed by atoms with Crippen molar-refractivity contribution in [3.8, 4) is 0 Å². The first-order chi connectivity index (χ1) is 8.10. The van der Waals surface area contributed by atoms with Gasteiger partial charge in [0.2, 0.25) is 0 Å². The number of rotatable bonds is 10.